The number of fused-ring (bicyclic) bond motifs is 5. The number of hydrogen-bond acceptors (Lipinski definition) is 1. The molecule has 0 aliphatic heterocycles. The maximum Gasteiger partial charge on any atom is 0.135 e. The lowest BCUT2D eigenvalue weighted by Gasteiger charge is -2.17. The minimum atomic E-state index is -0.434. The Labute approximate surface area is 307 Å². The molecule has 0 saturated carbocycles. The van der Waals surface area contributed by atoms with Gasteiger partial charge in [-0.2, -0.15) is 0 Å². The van der Waals surface area contributed by atoms with Gasteiger partial charge in [0.25, 0.3) is 0 Å². The molecule has 1 nitrogen and oxygen atoms in total. The van der Waals surface area contributed by atoms with Crippen LogP contribution in [0.1, 0.15) is 11.0 Å². The van der Waals surface area contributed by atoms with Crippen LogP contribution in [0.5, 0.6) is 0 Å². The monoisotopic (exact) mass is 656 g/mol. The van der Waals surface area contributed by atoms with Crippen LogP contribution >= 0.6 is 0 Å². The minimum Gasteiger partial charge on any atom is -0.456 e. The summed E-state index contributed by atoms with van der Waals surface area (Å²) in [7, 11) is 0. The molecule has 1 heteroatoms. The Balaban J connectivity index is 1.19. The average Bonchev–Trinajstić information content (AvgIpc) is 3.65. The molecule has 0 spiro atoms. The highest BCUT2D eigenvalue weighted by atomic mass is 16.3. The van der Waals surface area contributed by atoms with E-state index >= 15 is 0 Å². The highest BCUT2D eigenvalue weighted by molar-refractivity contribution is 6.22. The second-order valence-corrected chi connectivity index (χ2v) is 12.7. The van der Waals surface area contributed by atoms with Crippen molar-refractivity contribution < 1.29 is 15.4 Å². The van der Waals surface area contributed by atoms with Crippen molar-refractivity contribution in [1.82, 2.24) is 0 Å². The fourth-order valence-corrected chi connectivity index (χ4v) is 7.28. The molecule has 0 aliphatic rings. The molecular weight excluding hydrogens is 617 g/mol. The van der Waals surface area contributed by atoms with E-state index in [4.69, 9.17) is 9.90 Å². The molecule has 1 aromatic heterocycles. The zero-order valence-corrected chi connectivity index (χ0v) is 27.3. The van der Waals surface area contributed by atoms with E-state index in [1.165, 1.54) is 0 Å². The van der Waals surface area contributed by atoms with E-state index in [2.05, 4.69) is 60.7 Å². The fourth-order valence-electron chi connectivity index (χ4n) is 7.28. The Bertz CT molecular complexity index is 3260. The zero-order valence-electron chi connectivity index (χ0n) is 35.3. The lowest BCUT2D eigenvalue weighted by Crippen LogP contribution is -1.90. The molecule has 0 fully saturated rings. The predicted molar refractivity (Wildman–Crippen MR) is 216 cm³/mol. The smallest absolute Gasteiger partial charge is 0.135 e. The summed E-state index contributed by atoms with van der Waals surface area (Å²) in [4.78, 5) is 0. The van der Waals surface area contributed by atoms with Gasteiger partial charge in [0, 0.05) is 10.8 Å². The largest absolute Gasteiger partial charge is 0.456 e. The third-order valence-corrected chi connectivity index (χ3v) is 9.72. The Morgan fingerprint density at radius 3 is 1.24 bits per heavy atom. The summed E-state index contributed by atoms with van der Waals surface area (Å²) in [6, 6.07) is 44.9. The van der Waals surface area contributed by atoms with Crippen molar-refractivity contribution >= 4 is 43.5 Å². The Hall–Kier alpha value is -6.70. The van der Waals surface area contributed by atoms with Crippen LogP contribution in [0.2, 0.25) is 0 Å². The Morgan fingerprint density at radius 2 is 0.667 bits per heavy atom. The van der Waals surface area contributed by atoms with Crippen molar-refractivity contribution in [3.63, 3.8) is 0 Å². The van der Waals surface area contributed by atoms with Crippen LogP contribution in [0.25, 0.3) is 99.1 Å². The van der Waals surface area contributed by atoms with Crippen LogP contribution in [-0.2, 0) is 0 Å². The standard InChI is InChI=1S/C50H32O/c1-3-12-33(13-4-1)34-22-24-35(25-23-34)37-16-11-17-38(30-37)39-26-28-47-45(31-39)46-32-40(27-29-48(46)51-47)50-43-20-9-7-18-41(43)49(36-14-5-2-6-15-36)42-19-8-10-21-44(42)50/h1-32H/i7D,8D,9D,10D,18D,19D,20D,21D. The molecule has 0 saturated heterocycles. The van der Waals surface area contributed by atoms with Gasteiger partial charge in [-0.3, -0.25) is 0 Å². The second-order valence-electron chi connectivity index (χ2n) is 12.7. The molecule has 10 aromatic rings. The summed E-state index contributed by atoms with van der Waals surface area (Å²) < 4.78 is 78.2. The quantitative estimate of drug-likeness (QED) is 0.168. The molecule has 1 heterocycles. The van der Waals surface area contributed by atoms with E-state index < -0.39 is 24.2 Å². The summed E-state index contributed by atoms with van der Waals surface area (Å²) in [5.41, 5.74) is 9.46. The van der Waals surface area contributed by atoms with Crippen molar-refractivity contribution in [3.05, 3.63) is 194 Å². The van der Waals surface area contributed by atoms with E-state index in [-0.39, 0.29) is 45.7 Å². The molecule has 0 atom stereocenters. The number of hydrogen-bond donors (Lipinski definition) is 0. The van der Waals surface area contributed by atoms with E-state index in [0.29, 0.717) is 33.4 Å². The van der Waals surface area contributed by atoms with Crippen LogP contribution in [0.15, 0.2) is 198 Å². The van der Waals surface area contributed by atoms with E-state index in [9.17, 15) is 5.48 Å². The van der Waals surface area contributed by atoms with Gasteiger partial charge in [-0.25, -0.2) is 0 Å². The Kier molecular flexibility index (Phi) is 5.21. The van der Waals surface area contributed by atoms with Crippen molar-refractivity contribution in [3.8, 4) is 55.6 Å². The van der Waals surface area contributed by atoms with Crippen LogP contribution in [0.3, 0.4) is 0 Å². The van der Waals surface area contributed by atoms with Gasteiger partial charge in [-0.05, 0) is 108 Å². The van der Waals surface area contributed by atoms with Crippen molar-refractivity contribution in [2.24, 2.45) is 0 Å². The molecule has 0 unspecified atom stereocenters. The topological polar surface area (TPSA) is 13.1 Å². The van der Waals surface area contributed by atoms with Crippen molar-refractivity contribution in [2.75, 3.05) is 0 Å². The third-order valence-electron chi connectivity index (χ3n) is 9.72. The van der Waals surface area contributed by atoms with Crippen molar-refractivity contribution in [2.45, 2.75) is 0 Å². The molecular formula is C50H32O. The normalized spacial score (nSPS) is 13.7. The highest BCUT2D eigenvalue weighted by Gasteiger charge is 2.18. The maximum absolute atomic E-state index is 9.29. The van der Waals surface area contributed by atoms with Crippen LogP contribution in [-0.4, -0.2) is 0 Å². The van der Waals surface area contributed by atoms with E-state index in [1.807, 2.05) is 54.6 Å². The first kappa shape index (κ1) is 22.1. The van der Waals surface area contributed by atoms with E-state index in [1.54, 1.807) is 30.3 Å². The fraction of sp³-hybridized carbons (Fsp3) is 0. The van der Waals surface area contributed by atoms with Gasteiger partial charge >= 0.3 is 0 Å². The van der Waals surface area contributed by atoms with Gasteiger partial charge in [0.1, 0.15) is 11.2 Å². The first-order valence-electron chi connectivity index (χ1n) is 20.8. The van der Waals surface area contributed by atoms with Crippen LogP contribution in [0.4, 0.5) is 0 Å². The van der Waals surface area contributed by atoms with Gasteiger partial charge in [0.15, 0.2) is 0 Å². The molecule has 0 amide bonds. The molecule has 0 bridgehead atoms. The predicted octanol–water partition coefficient (Wildman–Crippen LogP) is 14.2. The number of benzene rings is 9. The molecule has 0 radical (unpaired) electrons. The molecule has 0 N–H and O–H groups in total. The first-order valence-corrected chi connectivity index (χ1v) is 16.8. The summed E-state index contributed by atoms with van der Waals surface area (Å²) in [6.07, 6.45) is 0. The van der Waals surface area contributed by atoms with Gasteiger partial charge in [-0.1, -0.05) is 164 Å². The molecule has 10 rings (SSSR count). The first-order chi connectivity index (χ1) is 28.6. The average molecular weight is 657 g/mol. The summed E-state index contributed by atoms with van der Waals surface area (Å²) in [5.74, 6) is 0. The summed E-state index contributed by atoms with van der Waals surface area (Å²) in [6.45, 7) is 0. The Morgan fingerprint density at radius 1 is 0.294 bits per heavy atom. The summed E-state index contributed by atoms with van der Waals surface area (Å²) in [5, 5.41) is 2.30. The van der Waals surface area contributed by atoms with Gasteiger partial charge in [0.05, 0.1) is 11.0 Å². The van der Waals surface area contributed by atoms with Crippen LogP contribution < -0.4 is 0 Å². The molecule has 238 valence electrons. The van der Waals surface area contributed by atoms with Crippen molar-refractivity contribution in [1.29, 1.82) is 0 Å². The number of furan rings is 1. The van der Waals surface area contributed by atoms with E-state index in [0.717, 1.165) is 44.2 Å². The molecule has 0 aliphatic carbocycles. The SMILES string of the molecule is [2H]c1c([2H])c([2H])c2c(-c3ccc4oc5ccc(-c6cccc(-c7ccc(-c8ccccc8)cc7)c6)cc5c4c3)c3c([2H])c([2H])c([2H])c([2H])c3c(-c3ccccc3)c2c1[2H]. The van der Waals surface area contributed by atoms with Gasteiger partial charge in [-0.15, -0.1) is 0 Å². The maximum atomic E-state index is 9.29. The molecule has 51 heavy (non-hydrogen) atoms. The number of rotatable bonds is 5. The van der Waals surface area contributed by atoms with Gasteiger partial charge in [0.2, 0.25) is 0 Å². The van der Waals surface area contributed by atoms with Gasteiger partial charge < -0.3 is 4.42 Å². The second kappa shape index (κ2) is 12.0. The third kappa shape index (κ3) is 5.02. The minimum absolute atomic E-state index is 0.175. The highest BCUT2D eigenvalue weighted by Crippen LogP contribution is 2.45. The summed E-state index contributed by atoms with van der Waals surface area (Å²) >= 11 is 0. The zero-order chi connectivity index (χ0) is 40.7. The molecule has 9 aromatic carbocycles. The lowest BCUT2D eigenvalue weighted by atomic mass is 9.86. The lowest BCUT2D eigenvalue weighted by molar-refractivity contribution is 0.669. The van der Waals surface area contributed by atoms with Crippen LogP contribution in [0, 0.1) is 0 Å².